The summed E-state index contributed by atoms with van der Waals surface area (Å²) in [5.74, 6) is 0. The smallest absolute Gasteiger partial charge is 0.0624 e. The Balaban J connectivity index is 4.18. The molecule has 1 heteroatoms. The molecule has 0 aromatic heterocycles. The molecule has 0 aromatic rings. The summed E-state index contributed by atoms with van der Waals surface area (Å²) in [4.78, 5) is 4.19. The monoisotopic (exact) mass is 189 g/mol. The number of rotatable bonds is 6. The van der Waals surface area contributed by atoms with Crippen LogP contribution in [-0.4, -0.2) is 6.21 Å². The average molecular weight is 189 g/mol. The lowest BCUT2D eigenvalue weighted by atomic mass is 10.2. The zero-order valence-corrected chi connectivity index (χ0v) is 9.21. The van der Waals surface area contributed by atoms with Crippen LogP contribution in [0.5, 0.6) is 0 Å². The molecule has 0 atom stereocenters. The zero-order valence-electron chi connectivity index (χ0n) is 9.21. The largest absolute Gasteiger partial charge is 0.257 e. The van der Waals surface area contributed by atoms with E-state index in [2.05, 4.69) is 31.7 Å². The van der Waals surface area contributed by atoms with Gasteiger partial charge in [-0.25, -0.2) is 0 Å². The van der Waals surface area contributed by atoms with E-state index in [0.29, 0.717) is 5.70 Å². The van der Waals surface area contributed by atoms with Crippen LogP contribution in [0.1, 0.15) is 26.7 Å². The van der Waals surface area contributed by atoms with Crippen molar-refractivity contribution in [3.8, 4) is 0 Å². The molecule has 0 spiro atoms. The number of allylic oxidation sites excluding steroid dienone is 3. The minimum Gasteiger partial charge on any atom is -0.257 e. The molecule has 0 aromatic carbocycles. The minimum absolute atomic E-state index is 0.695. The van der Waals surface area contributed by atoms with E-state index in [-0.39, 0.29) is 0 Å². The molecule has 0 fully saturated rings. The third-order valence-corrected chi connectivity index (χ3v) is 1.71. The van der Waals surface area contributed by atoms with E-state index in [1.165, 1.54) is 0 Å². The molecule has 0 aliphatic rings. The van der Waals surface area contributed by atoms with Crippen molar-refractivity contribution < 1.29 is 0 Å². The van der Waals surface area contributed by atoms with Gasteiger partial charge in [0.25, 0.3) is 0 Å². The summed E-state index contributed by atoms with van der Waals surface area (Å²) in [7, 11) is 0. The SMILES string of the molecule is C=C(C=NC(=C)C(=C)/C=C\C)CCC. The van der Waals surface area contributed by atoms with Gasteiger partial charge < -0.3 is 0 Å². The molecule has 0 rings (SSSR count). The lowest BCUT2D eigenvalue weighted by molar-refractivity contribution is 0.942. The number of aliphatic imine (C=N–C) groups is 1. The van der Waals surface area contributed by atoms with Crippen LogP contribution in [0.4, 0.5) is 0 Å². The first-order valence-electron chi connectivity index (χ1n) is 4.84. The topological polar surface area (TPSA) is 12.4 Å². The van der Waals surface area contributed by atoms with Gasteiger partial charge in [-0.1, -0.05) is 45.2 Å². The van der Waals surface area contributed by atoms with Crippen molar-refractivity contribution in [1.82, 2.24) is 0 Å². The van der Waals surface area contributed by atoms with Crippen LogP contribution in [-0.2, 0) is 0 Å². The van der Waals surface area contributed by atoms with Gasteiger partial charge >= 0.3 is 0 Å². The van der Waals surface area contributed by atoms with E-state index in [1.54, 1.807) is 6.21 Å². The summed E-state index contributed by atoms with van der Waals surface area (Å²) in [6, 6.07) is 0. The summed E-state index contributed by atoms with van der Waals surface area (Å²) >= 11 is 0. The second kappa shape index (κ2) is 7.07. The molecular weight excluding hydrogens is 170 g/mol. The Kier molecular flexibility index (Phi) is 6.38. The zero-order chi connectivity index (χ0) is 11.0. The summed E-state index contributed by atoms with van der Waals surface area (Å²) < 4.78 is 0. The molecule has 0 radical (unpaired) electrons. The van der Waals surface area contributed by atoms with Crippen molar-refractivity contribution in [2.45, 2.75) is 26.7 Å². The molecule has 76 valence electrons. The van der Waals surface area contributed by atoms with Gasteiger partial charge in [-0.15, -0.1) is 0 Å². The Morgan fingerprint density at radius 2 is 1.93 bits per heavy atom. The summed E-state index contributed by atoms with van der Waals surface area (Å²) in [6.07, 6.45) is 7.65. The highest BCUT2D eigenvalue weighted by atomic mass is 14.7. The van der Waals surface area contributed by atoms with E-state index in [0.717, 1.165) is 24.0 Å². The maximum Gasteiger partial charge on any atom is 0.0624 e. The normalized spacial score (nSPS) is 11.0. The lowest BCUT2D eigenvalue weighted by Crippen LogP contribution is -1.84. The van der Waals surface area contributed by atoms with E-state index >= 15 is 0 Å². The second-order valence-corrected chi connectivity index (χ2v) is 3.14. The van der Waals surface area contributed by atoms with Gasteiger partial charge in [-0.05, 0) is 24.5 Å². The molecule has 1 nitrogen and oxygen atoms in total. The quantitative estimate of drug-likeness (QED) is 0.441. The van der Waals surface area contributed by atoms with Crippen molar-refractivity contribution in [2.75, 3.05) is 0 Å². The highest BCUT2D eigenvalue weighted by Crippen LogP contribution is 2.08. The second-order valence-electron chi connectivity index (χ2n) is 3.14. The first kappa shape index (κ1) is 12.6. The van der Waals surface area contributed by atoms with Crippen molar-refractivity contribution in [2.24, 2.45) is 4.99 Å². The maximum atomic E-state index is 4.19. The van der Waals surface area contributed by atoms with Crippen LogP contribution >= 0.6 is 0 Å². The molecule has 0 aliphatic carbocycles. The predicted octanol–water partition coefficient (Wildman–Crippen LogP) is 4.06. The molecule has 0 amide bonds. The molecule has 0 saturated heterocycles. The Morgan fingerprint density at radius 3 is 2.43 bits per heavy atom. The van der Waals surface area contributed by atoms with E-state index in [1.807, 2.05) is 19.1 Å². The van der Waals surface area contributed by atoms with Gasteiger partial charge in [0.2, 0.25) is 0 Å². The maximum absolute atomic E-state index is 4.19. The van der Waals surface area contributed by atoms with Gasteiger partial charge in [0.1, 0.15) is 0 Å². The molecule has 0 aliphatic heterocycles. The Morgan fingerprint density at radius 1 is 1.29 bits per heavy atom. The third-order valence-electron chi connectivity index (χ3n) is 1.71. The van der Waals surface area contributed by atoms with E-state index < -0.39 is 0 Å². The first-order valence-corrected chi connectivity index (χ1v) is 4.84. The summed E-state index contributed by atoms with van der Waals surface area (Å²) in [6.45, 7) is 15.6. The standard InChI is InChI=1S/C13H19N/c1-6-8-11(3)10-14-13(5)12(4)9-7-2/h7,9-10H,3-6,8H2,1-2H3/b9-7-,14-10?. The van der Waals surface area contributed by atoms with Crippen molar-refractivity contribution in [3.05, 3.63) is 48.7 Å². The fourth-order valence-corrected chi connectivity index (χ4v) is 0.935. The van der Waals surface area contributed by atoms with E-state index in [9.17, 15) is 0 Å². The Bertz CT molecular complexity index is 280. The van der Waals surface area contributed by atoms with Crippen LogP contribution in [0, 0.1) is 0 Å². The highest BCUT2D eigenvalue weighted by Gasteiger charge is 1.92. The number of hydrogen-bond donors (Lipinski definition) is 0. The van der Waals surface area contributed by atoms with Crippen LogP contribution in [0.2, 0.25) is 0 Å². The minimum atomic E-state index is 0.695. The summed E-state index contributed by atoms with van der Waals surface area (Å²) in [5, 5.41) is 0. The Hall–Kier alpha value is -1.37. The third kappa shape index (κ3) is 5.31. The fraction of sp³-hybridized carbons (Fsp3) is 0.308. The fourth-order valence-electron chi connectivity index (χ4n) is 0.935. The molecular formula is C13H19N. The van der Waals surface area contributed by atoms with Gasteiger partial charge in [0.05, 0.1) is 5.70 Å². The number of hydrogen-bond acceptors (Lipinski definition) is 1. The molecule has 0 heterocycles. The van der Waals surface area contributed by atoms with Crippen LogP contribution < -0.4 is 0 Å². The molecule has 14 heavy (non-hydrogen) atoms. The van der Waals surface area contributed by atoms with E-state index in [4.69, 9.17) is 0 Å². The molecule has 0 unspecified atom stereocenters. The predicted molar refractivity (Wildman–Crippen MR) is 65.6 cm³/mol. The van der Waals surface area contributed by atoms with Crippen molar-refractivity contribution >= 4 is 6.21 Å². The molecule has 0 N–H and O–H groups in total. The van der Waals surface area contributed by atoms with Gasteiger partial charge in [0.15, 0.2) is 0 Å². The first-order chi connectivity index (χ1) is 6.61. The lowest BCUT2D eigenvalue weighted by Gasteiger charge is -1.98. The van der Waals surface area contributed by atoms with Crippen LogP contribution in [0.25, 0.3) is 0 Å². The highest BCUT2D eigenvalue weighted by molar-refractivity contribution is 5.78. The van der Waals surface area contributed by atoms with Crippen LogP contribution in [0.15, 0.2) is 53.7 Å². The van der Waals surface area contributed by atoms with Gasteiger partial charge in [-0.3, -0.25) is 4.99 Å². The molecule has 0 saturated carbocycles. The number of nitrogens with zero attached hydrogens (tertiary/aromatic N) is 1. The molecule has 0 bridgehead atoms. The van der Waals surface area contributed by atoms with Crippen LogP contribution in [0.3, 0.4) is 0 Å². The van der Waals surface area contributed by atoms with Crippen molar-refractivity contribution in [3.63, 3.8) is 0 Å². The Labute approximate surface area is 87.3 Å². The van der Waals surface area contributed by atoms with Gasteiger partial charge in [-0.2, -0.15) is 0 Å². The summed E-state index contributed by atoms with van der Waals surface area (Å²) in [5.41, 5.74) is 2.57. The van der Waals surface area contributed by atoms with Gasteiger partial charge in [0, 0.05) is 6.21 Å². The average Bonchev–Trinajstić information content (AvgIpc) is 2.15. The van der Waals surface area contributed by atoms with Crippen molar-refractivity contribution in [1.29, 1.82) is 0 Å².